The van der Waals surface area contributed by atoms with Crippen molar-refractivity contribution in [1.82, 2.24) is 4.90 Å². The van der Waals surface area contributed by atoms with E-state index in [2.05, 4.69) is 42.2 Å². The van der Waals surface area contributed by atoms with Crippen LogP contribution in [0.3, 0.4) is 0 Å². The lowest BCUT2D eigenvalue weighted by molar-refractivity contribution is 0.219. The van der Waals surface area contributed by atoms with Gasteiger partial charge in [-0.05, 0) is 30.4 Å². The second-order valence-electron chi connectivity index (χ2n) is 4.91. The van der Waals surface area contributed by atoms with E-state index in [9.17, 15) is 0 Å². The maximum atomic E-state index is 9.11. The number of hydrogen-bond acceptors (Lipinski definition) is 2. The number of hydrogen-bond donors (Lipinski definition) is 1. The average molecular weight is 219 g/mol. The molecule has 0 radical (unpaired) electrons. The maximum absolute atomic E-state index is 9.11. The minimum atomic E-state index is 0.343. The Morgan fingerprint density at radius 3 is 2.75 bits per heavy atom. The summed E-state index contributed by atoms with van der Waals surface area (Å²) >= 11 is 0. The lowest BCUT2D eigenvalue weighted by Crippen LogP contribution is -2.26. The van der Waals surface area contributed by atoms with Gasteiger partial charge in [-0.25, -0.2) is 0 Å². The highest BCUT2D eigenvalue weighted by Crippen LogP contribution is 2.21. The molecule has 1 aliphatic rings. The van der Waals surface area contributed by atoms with Gasteiger partial charge in [0.1, 0.15) is 0 Å². The lowest BCUT2D eigenvalue weighted by Gasteiger charge is -2.21. The Morgan fingerprint density at radius 1 is 1.38 bits per heavy atom. The summed E-state index contributed by atoms with van der Waals surface area (Å²) in [4.78, 5) is 2.47. The van der Waals surface area contributed by atoms with Crippen LogP contribution in [0, 0.1) is 5.92 Å². The fourth-order valence-corrected chi connectivity index (χ4v) is 2.50. The predicted octanol–water partition coefficient (Wildman–Crippen LogP) is 2.10. The molecule has 1 saturated heterocycles. The molecule has 2 unspecified atom stereocenters. The molecule has 0 bridgehead atoms. The molecule has 0 saturated carbocycles. The first-order chi connectivity index (χ1) is 7.79. The van der Waals surface area contributed by atoms with Crippen LogP contribution in [0.2, 0.25) is 0 Å². The molecule has 1 aliphatic heterocycles. The van der Waals surface area contributed by atoms with Crippen molar-refractivity contribution in [1.29, 1.82) is 0 Å². The molecule has 88 valence electrons. The quantitative estimate of drug-likeness (QED) is 0.838. The third kappa shape index (κ3) is 2.83. The molecule has 1 aromatic carbocycles. The standard InChI is InChI=1S/C14H21NO/c1-12(14-5-3-2-4-6-14)9-15-8-7-13(10-15)11-16/h2-6,12-13,16H,7-11H2,1H3. The lowest BCUT2D eigenvalue weighted by atomic mass is 10.0. The highest BCUT2D eigenvalue weighted by Gasteiger charge is 2.22. The van der Waals surface area contributed by atoms with Crippen LogP contribution in [0.25, 0.3) is 0 Å². The van der Waals surface area contributed by atoms with Crippen molar-refractivity contribution < 1.29 is 5.11 Å². The number of rotatable bonds is 4. The normalized spacial score (nSPS) is 23.5. The van der Waals surface area contributed by atoms with E-state index in [-0.39, 0.29) is 0 Å². The van der Waals surface area contributed by atoms with Crippen LogP contribution < -0.4 is 0 Å². The number of aliphatic hydroxyl groups is 1. The van der Waals surface area contributed by atoms with Gasteiger partial charge >= 0.3 is 0 Å². The van der Waals surface area contributed by atoms with Crippen molar-refractivity contribution in [3.63, 3.8) is 0 Å². The van der Waals surface area contributed by atoms with Crippen LogP contribution in [-0.2, 0) is 0 Å². The minimum absolute atomic E-state index is 0.343. The summed E-state index contributed by atoms with van der Waals surface area (Å²) in [6, 6.07) is 10.7. The van der Waals surface area contributed by atoms with Crippen LogP contribution in [0.4, 0.5) is 0 Å². The summed E-state index contributed by atoms with van der Waals surface area (Å²) in [6.45, 7) is 5.94. The largest absolute Gasteiger partial charge is 0.396 e. The molecule has 1 N–H and O–H groups in total. The van der Waals surface area contributed by atoms with Gasteiger partial charge in [0.2, 0.25) is 0 Å². The maximum Gasteiger partial charge on any atom is 0.0471 e. The summed E-state index contributed by atoms with van der Waals surface area (Å²) < 4.78 is 0. The van der Waals surface area contributed by atoms with Gasteiger partial charge in [-0.1, -0.05) is 37.3 Å². The van der Waals surface area contributed by atoms with E-state index in [0.717, 1.165) is 26.1 Å². The molecule has 2 atom stereocenters. The number of likely N-dealkylation sites (tertiary alicyclic amines) is 1. The monoisotopic (exact) mass is 219 g/mol. The SMILES string of the molecule is CC(CN1CCC(CO)C1)c1ccccc1. The molecular formula is C14H21NO. The van der Waals surface area contributed by atoms with Gasteiger partial charge in [0, 0.05) is 19.7 Å². The molecule has 0 amide bonds. The second kappa shape index (κ2) is 5.46. The van der Waals surface area contributed by atoms with Gasteiger partial charge in [0.05, 0.1) is 0 Å². The average Bonchev–Trinajstić information content (AvgIpc) is 2.78. The molecule has 1 fully saturated rings. The first-order valence-corrected chi connectivity index (χ1v) is 6.17. The van der Waals surface area contributed by atoms with Crippen molar-refractivity contribution in [2.45, 2.75) is 19.3 Å². The van der Waals surface area contributed by atoms with Crippen molar-refractivity contribution in [3.8, 4) is 0 Å². The van der Waals surface area contributed by atoms with Gasteiger partial charge < -0.3 is 10.0 Å². The molecule has 1 heterocycles. The van der Waals surface area contributed by atoms with Crippen LogP contribution in [0.5, 0.6) is 0 Å². The van der Waals surface area contributed by atoms with Crippen LogP contribution in [0.1, 0.15) is 24.8 Å². The third-order valence-electron chi connectivity index (χ3n) is 3.53. The Kier molecular flexibility index (Phi) is 3.97. The summed E-state index contributed by atoms with van der Waals surface area (Å²) in [7, 11) is 0. The van der Waals surface area contributed by atoms with Crippen molar-refractivity contribution in [3.05, 3.63) is 35.9 Å². The summed E-state index contributed by atoms with van der Waals surface area (Å²) in [5.74, 6) is 1.08. The number of nitrogens with zero attached hydrogens (tertiary/aromatic N) is 1. The molecule has 2 heteroatoms. The fourth-order valence-electron chi connectivity index (χ4n) is 2.50. The first kappa shape index (κ1) is 11.6. The topological polar surface area (TPSA) is 23.5 Å². The minimum Gasteiger partial charge on any atom is -0.396 e. The molecular weight excluding hydrogens is 198 g/mol. The Balaban J connectivity index is 1.86. The third-order valence-corrected chi connectivity index (χ3v) is 3.53. The summed E-state index contributed by atoms with van der Waals surface area (Å²) in [5.41, 5.74) is 1.41. The fraction of sp³-hybridized carbons (Fsp3) is 0.571. The van der Waals surface area contributed by atoms with Crippen LogP contribution in [-0.4, -0.2) is 36.2 Å². The van der Waals surface area contributed by atoms with E-state index < -0.39 is 0 Å². The first-order valence-electron chi connectivity index (χ1n) is 6.17. The van der Waals surface area contributed by atoms with E-state index in [0.29, 0.717) is 18.4 Å². The van der Waals surface area contributed by atoms with Crippen molar-refractivity contribution >= 4 is 0 Å². The summed E-state index contributed by atoms with van der Waals surface area (Å²) in [6.07, 6.45) is 1.15. The Bertz CT molecular complexity index is 312. The van der Waals surface area contributed by atoms with E-state index >= 15 is 0 Å². The molecule has 0 spiro atoms. The second-order valence-corrected chi connectivity index (χ2v) is 4.91. The molecule has 0 aromatic heterocycles. The molecule has 1 aromatic rings. The van der Waals surface area contributed by atoms with Gasteiger partial charge in [0.15, 0.2) is 0 Å². The number of aliphatic hydroxyl groups excluding tert-OH is 1. The van der Waals surface area contributed by atoms with E-state index in [1.54, 1.807) is 0 Å². The molecule has 2 rings (SSSR count). The zero-order valence-corrected chi connectivity index (χ0v) is 9.97. The van der Waals surface area contributed by atoms with E-state index in [1.807, 2.05) is 0 Å². The van der Waals surface area contributed by atoms with Gasteiger partial charge in [-0.3, -0.25) is 0 Å². The smallest absolute Gasteiger partial charge is 0.0471 e. The predicted molar refractivity (Wildman–Crippen MR) is 66.5 cm³/mol. The Hall–Kier alpha value is -0.860. The van der Waals surface area contributed by atoms with Gasteiger partial charge in [-0.15, -0.1) is 0 Å². The molecule has 2 nitrogen and oxygen atoms in total. The zero-order valence-electron chi connectivity index (χ0n) is 9.97. The highest BCUT2D eigenvalue weighted by atomic mass is 16.3. The van der Waals surface area contributed by atoms with E-state index in [4.69, 9.17) is 5.11 Å². The van der Waals surface area contributed by atoms with Crippen LogP contribution in [0.15, 0.2) is 30.3 Å². The Labute approximate surface area is 97.9 Å². The zero-order chi connectivity index (χ0) is 11.4. The Morgan fingerprint density at radius 2 is 2.12 bits per heavy atom. The molecule has 0 aliphatic carbocycles. The van der Waals surface area contributed by atoms with Crippen molar-refractivity contribution in [2.75, 3.05) is 26.2 Å². The molecule has 16 heavy (non-hydrogen) atoms. The highest BCUT2D eigenvalue weighted by molar-refractivity contribution is 5.19. The number of benzene rings is 1. The van der Waals surface area contributed by atoms with Gasteiger partial charge in [-0.2, -0.15) is 0 Å². The summed E-state index contributed by atoms with van der Waals surface area (Å²) in [5, 5.41) is 9.11. The van der Waals surface area contributed by atoms with Crippen LogP contribution >= 0.6 is 0 Å². The van der Waals surface area contributed by atoms with Gasteiger partial charge in [0.25, 0.3) is 0 Å². The van der Waals surface area contributed by atoms with E-state index in [1.165, 1.54) is 5.56 Å². The van der Waals surface area contributed by atoms with Crippen molar-refractivity contribution in [2.24, 2.45) is 5.92 Å².